The van der Waals surface area contributed by atoms with Crippen LogP contribution in [0.2, 0.25) is 10.0 Å². The van der Waals surface area contributed by atoms with E-state index in [0.29, 0.717) is 15.7 Å². The molecular weight excluding hydrogens is 181 g/mol. The monoisotopic (exact) mass is 191 g/mol. The summed E-state index contributed by atoms with van der Waals surface area (Å²) in [5, 5.41) is 1.00. The van der Waals surface area contributed by atoms with Crippen LogP contribution < -0.4 is 5.73 Å². The van der Waals surface area contributed by atoms with E-state index in [1.54, 1.807) is 18.2 Å². The molecule has 3 heteroatoms. The van der Waals surface area contributed by atoms with Crippen LogP contribution in [0.15, 0.2) is 18.2 Å². The average molecular weight is 192 g/mol. The summed E-state index contributed by atoms with van der Waals surface area (Å²) in [5.74, 6) is 0. The van der Waals surface area contributed by atoms with Crippen LogP contribution in [-0.2, 0) is 0 Å². The molecule has 0 spiro atoms. The molecule has 1 nitrogen and oxygen atoms in total. The zero-order valence-corrected chi connectivity index (χ0v) is 8.08. The summed E-state index contributed by atoms with van der Waals surface area (Å²) in [7, 11) is 0. The molecule has 1 aromatic rings. The van der Waals surface area contributed by atoms with Crippen molar-refractivity contribution in [2.75, 3.05) is 5.73 Å². The number of hydrogen-bond acceptors (Lipinski definition) is 1. The van der Waals surface area contributed by atoms with Gasteiger partial charge in [-0.15, -0.1) is 0 Å². The van der Waals surface area contributed by atoms with Gasteiger partial charge in [-0.1, -0.05) is 43.1 Å². The van der Waals surface area contributed by atoms with E-state index in [4.69, 9.17) is 28.9 Å². The van der Waals surface area contributed by atoms with Crippen LogP contribution in [0.4, 0.5) is 5.69 Å². The van der Waals surface area contributed by atoms with Gasteiger partial charge in [-0.2, -0.15) is 0 Å². The first kappa shape index (κ1) is 10.6. The van der Waals surface area contributed by atoms with E-state index in [1.165, 1.54) is 0 Å². The summed E-state index contributed by atoms with van der Waals surface area (Å²) < 4.78 is 0. The topological polar surface area (TPSA) is 26.0 Å². The maximum atomic E-state index is 5.60. The minimum atomic E-state index is 0.445. The summed E-state index contributed by atoms with van der Waals surface area (Å²) in [6.45, 7) is 4.00. The van der Waals surface area contributed by atoms with E-state index in [-0.39, 0.29) is 0 Å². The second-order valence-electron chi connectivity index (χ2n) is 1.64. The van der Waals surface area contributed by atoms with Crippen LogP contribution in [0, 0.1) is 0 Å². The van der Waals surface area contributed by atoms with Crippen LogP contribution in [0.25, 0.3) is 0 Å². The SMILES string of the molecule is CC.Nc1c(Cl)cccc1Cl. The molecule has 0 aliphatic rings. The highest BCUT2D eigenvalue weighted by atomic mass is 35.5. The lowest BCUT2D eigenvalue weighted by Crippen LogP contribution is -1.85. The molecule has 2 N–H and O–H groups in total. The van der Waals surface area contributed by atoms with Crippen LogP contribution in [0.1, 0.15) is 13.8 Å². The van der Waals surface area contributed by atoms with Crippen LogP contribution in [0.3, 0.4) is 0 Å². The number of para-hydroxylation sites is 1. The van der Waals surface area contributed by atoms with Crippen LogP contribution in [-0.4, -0.2) is 0 Å². The molecule has 0 radical (unpaired) electrons. The third kappa shape index (κ3) is 3.00. The number of hydrogen-bond donors (Lipinski definition) is 1. The van der Waals surface area contributed by atoms with Crippen molar-refractivity contribution in [3.63, 3.8) is 0 Å². The van der Waals surface area contributed by atoms with Gasteiger partial charge in [-0.3, -0.25) is 0 Å². The van der Waals surface area contributed by atoms with Gasteiger partial charge in [0.15, 0.2) is 0 Å². The Morgan fingerprint density at radius 1 is 1.09 bits per heavy atom. The van der Waals surface area contributed by atoms with Gasteiger partial charge in [-0.25, -0.2) is 0 Å². The molecule has 11 heavy (non-hydrogen) atoms. The largest absolute Gasteiger partial charge is 0.396 e. The van der Waals surface area contributed by atoms with Crippen molar-refractivity contribution >= 4 is 28.9 Å². The second-order valence-corrected chi connectivity index (χ2v) is 2.45. The number of nitrogen functional groups attached to an aromatic ring is 1. The van der Waals surface area contributed by atoms with Gasteiger partial charge in [0.1, 0.15) is 0 Å². The lowest BCUT2D eigenvalue weighted by atomic mass is 10.3. The Morgan fingerprint density at radius 3 is 1.73 bits per heavy atom. The van der Waals surface area contributed by atoms with E-state index in [2.05, 4.69) is 0 Å². The normalized spacial score (nSPS) is 8.36. The van der Waals surface area contributed by atoms with Crippen molar-refractivity contribution in [1.29, 1.82) is 0 Å². The Hall–Kier alpha value is -0.400. The Morgan fingerprint density at radius 2 is 1.45 bits per heavy atom. The van der Waals surface area contributed by atoms with Crippen molar-refractivity contribution in [3.8, 4) is 0 Å². The van der Waals surface area contributed by atoms with E-state index >= 15 is 0 Å². The molecule has 0 aromatic heterocycles. The molecule has 0 saturated heterocycles. The van der Waals surface area contributed by atoms with Crippen molar-refractivity contribution in [2.24, 2.45) is 0 Å². The Balaban J connectivity index is 0.000000461. The number of anilines is 1. The molecule has 0 saturated carbocycles. The minimum absolute atomic E-state index is 0.445. The fourth-order valence-electron chi connectivity index (χ4n) is 0.511. The van der Waals surface area contributed by atoms with Gasteiger partial charge >= 0.3 is 0 Å². The third-order valence-electron chi connectivity index (χ3n) is 1.000. The Kier molecular flexibility index (Phi) is 5.08. The first-order valence-electron chi connectivity index (χ1n) is 3.41. The minimum Gasteiger partial charge on any atom is -0.396 e. The first-order chi connectivity index (χ1) is 5.22. The van der Waals surface area contributed by atoms with Gasteiger partial charge in [-0.05, 0) is 12.1 Å². The molecule has 0 heterocycles. The third-order valence-corrected chi connectivity index (χ3v) is 1.66. The molecular formula is C8H11Cl2N. The molecule has 0 bridgehead atoms. The van der Waals surface area contributed by atoms with Gasteiger partial charge in [0, 0.05) is 0 Å². The van der Waals surface area contributed by atoms with E-state index in [9.17, 15) is 0 Å². The molecule has 0 aliphatic carbocycles. The summed E-state index contributed by atoms with van der Waals surface area (Å²) in [5.41, 5.74) is 5.86. The molecule has 0 atom stereocenters. The lowest BCUT2D eigenvalue weighted by Gasteiger charge is -1.96. The van der Waals surface area contributed by atoms with Gasteiger partial charge < -0.3 is 5.73 Å². The molecule has 0 amide bonds. The standard InChI is InChI=1S/C6H5Cl2N.C2H6/c7-4-2-1-3-5(8)6(4)9;1-2/h1-3H,9H2;1-2H3. The highest BCUT2D eigenvalue weighted by molar-refractivity contribution is 6.38. The fourth-order valence-corrected chi connectivity index (χ4v) is 0.908. The second kappa shape index (κ2) is 5.28. The zero-order valence-electron chi connectivity index (χ0n) is 6.57. The smallest absolute Gasteiger partial charge is 0.0692 e. The number of rotatable bonds is 0. The summed E-state index contributed by atoms with van der Waals surface area (Å²) >= 11 is 11.2. The number of nitrogens with two attached hydrogens (primary N) is 1. The average Bonchev–Trinajstić information content (AvgIpc) is 2.04. The predicted octanol–water partition coefficient (Wildman–Crippen LogP) is 3.60. The quantitative estimate of drug-likeness (QED) is 0.624. The highest BCUT2D eigenvalue weighted by Gasteiger charge is 1.97. The van der Waals surface area contributed by atoms with Crippen molar-refractivity contribution in [1.82, 2.24) is 0 Å². The van der Waals surface area contributed by atoms with Crippen molar-refractivity contribution in [3.05, 3.63) is 28.2 Å². The summed E-state index contributed by atoms with van der Waals surface area (Å²) in [6.07, 6.45) is 0. The van der Waals surface area contributed by atoms with Crippen LogP contribution in [0.5, 0.6) is 0 Å². The maximum absolute atomic E-state index is 5.60. The van der Waals surface area contributed by atoms with E-state index in [1.807, 2.05) is 13.8 Å². The van der Waals surface area contributed by atoms with E-state index in [0.717, 1.165) is 0 Å². The molecule has 0 aliphatic heterocycles. The fraction of sp³-hybridized carbons (Fsp3) is 0.250. The van der Waals surface area contributed by atoms with Gasteiger partial charge in [0.2, 0.25) is 0 Å². The Bertz CT molecular complexity index is 203. The van der Waals surface area contributed by atoms with Crippen molar-refractivity contribution < 1.29 is 0 Å². The summed E-state index contributed by atoms with van der Waals surface area (Å²) in [4.78, 5) is 0. The summed E-state index contributed by atoms with van der Waals surface area (Å²) in [6, 6.07) is 5.15. The van der Waals surface area contributed by atoms with Gasteiger partial charge in [0.05, 0.1) is 15.7 Å². The van der Waals surface area contributed by atoms with Gasteiger partial charge in [0.25, 0.3) is 0 Å². The molecule has 0 unspecified atom stereocenters. The van der Waals surface area contributed by atoms with E-state index < -0.39 is 0 Å². The highest BCUT2D eigenvalue weighted by Crippen LogP contribution is 2.25. The number of benzene rings is 1. The Labute approximate surface area is 77.1 Å². The molecule has 1 aromatic carbocycles. The maximum Gasteiger partial charge on any atom is 0.0692 e. The predicted molar refractivity (Wildman–Crippen MR) is 52.2 cm³/mol. The molecule has 62 valence electrons. The van der Waals surface area contributed by atoms with Crippen LogP contribution >= 0.6 is 23.2 Å². The zero-order chi connectivity index (χ0) is 8.85. The first-order valence-corrected chi connectivity index (χ1v) is 4.17. The van der Waals surface area contributed by atoms with Crippen molar-refractivity contribution in [2.45, 2.75) is 13.8 Å². The molecule has 1 rings (SSSR count). The lowest BCUT2D eigenvalue weighted by molar-refractivity contribution is 1.50. The number of halogens is 2. The molecule has 0 fully saturated rings.